The monoisotopic (exact) mass is 379 g/mol. The first-order valence-electron chi connectivity index (χ1n) is 8.46. The molecule has 0 aliphatic rings. The van der Waals surface area contributed by atoms with Crippen LogP contribution in [0.4, 0.5) is 0 Å². The molecule has 146 valence electrons. The van der Waals surface area contributed by atoms with Gasteiger partial charge in [0, 0.05) is 30.9 Å². The number of halogens is 1. The van der Waals surface area contributed by atoms with E-state index in [0.29, 0.717) is 13.1 Å². The van der Waals surface area contributed by atoms with Gasteiger partial charge in [0.2, 0.25) is 0 Å². The summed E-state index contributed by atoms with van der Waals surface area (Å²) in [6, 6.07) is 0. The van der Waals surface area contributed by atoms with Crippen molar-refractivity contribution in [1.82, 2.24) is 4.90 Å². The van der Waals surface area contributed by atoms with Gasteiger partial charge >= 0.3 is 0 Å². The topological polar surface area (TPSA) is 64.5 Å². The third-order valence-electron chi connectivity index (χ3n) is 2.89. The van der Waals surface area contributed by atoms with Gasteiger partial charge in [0.1, 0.15) is 5.76 Å². The maximum Gasteiger partial charge on any atom is 0.114 e. The molecule has 4 N–H and O–H groups in total. The first-order chi connectivity index (χ1) is 12.4. The van der Waals surface area contributed by atoms with Crippen LogP contribution in [0.15, 0.2) is 84.0 Å². The SMILES string of the molecule is C=C(/C=C\C(=C/C)OC)C/C(N)=C/N(C)CN.CC/C=C/C=C\C=C\Cl. The Morgan fingerprint density at radius 1 is 1.19 bits per heavy atom. The van der Waals surface area contributed by atoms with Gasteiger partial charge in [-0.15, -0.1) is 0 Å². The number of allylic oxidation sites excluding steroid dienone is 9. The fourth-order valence-corrected chi connectivity index (χ4v) is 1.65. The van der Waals surface area contributed by atoms with Gasteiger partial charge in [0.15, 0.2) is 0 Å². The van der Waals surface area contributed by atoms with Crippen LogP contribution in [0.25, 0.3) is 0 Å². The van der Waals surface area contributed by atoms with Crippen molar-refractivity contribution in [2.45, 2.75) is 26.7 Å². The van der Waals surface area contributed by atoms with Crippen LogP contribution in [0.2, 0.25) is 0 Å². The summed E-state index contributed by atoms with van der Waals surface area (Å²) in [4.78, 5) is 1.82. The van der Waals surface area contributed by atoms with Crippen LogP contribution in [-0.4, -0.2) is 25.7 Å². The van der Waals surface area contributed by atoms with Crippen LogP contribution in [-0.2, 0) is 4.74 Å². The Balaban J connectivity index is 0. The molecule has 0 bridgehead atoms. The van der Waals surface area contributed by atoms with E-state index in [4.69, 9.17) is 27.8 Å². The van der Waals surface area contributed by atoms with Gasteiger partial charge < -0.3 is 21.1 Å². The summed E-state index contributed by atoms with van der Waals surface area (Å²) in [6.07, 6.45) is 18.8. The molecule has 0 saturated heterocycles. The maximum absolute atomic E-state index is 5.85. The number of hydrogen-bond acceptors (Lipinski definition) is 4. The quantitative estimate of drug-likeness (QED) is 0.320. The molecule has 0 spiro atoms. The van der Waals surface area contributed by atoms with Crippen LogP contribution >= 0.6 is 11.6 Å². The molecule has 0 aromatic rings. The Morgan fingerprint density at radius 2 is 1.85 bits per heavy atom. The first-order valence-corrected chi connectivity index (χ1v) is 8.89. The first kappa shape index (κ1) is 26.1. The third-order valence-corrected chi connectivity index (χ3v) is 3.03. The average molecular weight is 380 g/mol. The van der Waals surface area contributed by atoms with Crippen LogP contribution in [0.5, 0.6) is 0 Å². The molecular formula is C21H34ClN3O. The second-order valence-corrected chi connectivity index (χ2v) is 5.50. The van der Waals surface area contributed by atoms with Crippen molar-refractivity contribution < 1.29 is 4.74 Å². The van der Waals surface area contributed by atoms with Crippen LogP contribution in [0, 0.1) is 0 Å². The summed E-state index contributed by atoms with van der Waals surface area (Å²) in [5.41, 5.74) is 14.4. The fourth-order valence-electron chi connectivity index (χ4n) is 1.57. The van der Waals surface area contributed by atoms with Crippen molar-refractivity contribution in [2.75, 3.05) is 20.8 Å². The number of nitrogens with two attached hydrogens (primary N) is 2. The lowest BCUT2D eigenvalue weighted by Crippen LogP contribution is -2.21. The van der Waals surface area contributed by atoms with E-state index in [1.54, 1.807) is 13.2 Å². The minimum Gasteiger partial charge on any atom is -0.497 e. The Kier molecular flexibility index (Phi) is 19.2. The number of rotatable bonds is 10. The summed E-state index contributed by atoms with van der Waals surface area (Å²) < 4.78 is 5.10. The zero-order chi connectivity index (χ0) is 20.2. The summed E-state index contributed by atoms with van der Waals surface area (Å²) in [7, 11) is 3.50. The van der Waals surface area contributed by atoms with Crippen molar-refractivity contribution >= 4 is 11.6 Å². The summed E-state index contributed by atoms with van der Waals surface area (Å²) in [5, 5.41) is 0. The highest BCUT2D eigenvalue weighted by atomic mass is 35.5. The molecule has 0 aliphatic heterocycles. The minimum atomic E-state index is 0.440. The molecule has 0 fully saturated rings. The molecule has 0 unspecified atom stereocenters. The summed E-state index contributed by atoms with van der Waals surface area (Å²) in [5.74, 6) is 0.799. The predicted molar refractivity (Wildman–Crippen MR) is 116 cm³/mol. The fraction of sp³-hybridized carbons (Fsp3) is 0.333. The Hall–Kier alpha value is -2.17. The number of nitrogens with zero attached hydrogens (tertiary/aromatic N) is 1. The molecule has 26 heavy (non-hydrogen) atoms. The van der Waals surface area contributed by atoms with E-state index >= 15 is 0 Å². The van der Waals surface area contributed by atoms with Gasteiger partial charge in [0.05, 0.1) is 13.8 Å². The molecule has 0 amide bonds. The molecular weight excluding hydrogens is 346 g/mol. The van der Waals surface area contributed by atoms with Crippen molar-refractivity contribution in [2.24, 2.45) is 11.5 Å². The molecule has 5 heteroatoms. The summed E-state index contributed by atoms with van der Waals surface area (Å²) in [6.45, 7) is 8.38. The highest BCUT2D eigenvalue weighted by Crippen LogP contribution is 2.08. The van der Waals surface area contributed by atoms with E-state index in [1.165, 1.54) is 5.54 Å². The van der Waals surface area contributed by atoms with Crippen molar-refractivity contribution in [3.63, 3.8) is 0 Å². The summed E-state index contributed by atoms with van der Waals surface area (Å²) >= 11 is 5.26. The van der Waals surface area contributed by atoms with Gasteiger partial charge in [-0.1, -0.05) is 61.6 Å². The van der Waals surface area contributed by atoms with Gasteiger partial charge in [0.25, 0.3) is 0 Å². The molecule has 0 heterocycles. The molecule has 0 saturated carbocycles. The number of hydrogen-bond donors (Lipinski definition) is 2. The molecule has 4 nitrogen and oxygen atoms in total. The lowest BCUT2D eigenvalue weighted by molar-refractivity contribution is 0.306. The van der Waals surface area contributed by atoms with Gasteiger partial charge in [-0.3, -0.25) is 0 Å². The van der Waals surface area contributed by atoms with Gasteiger partial charge in [-0.05, 0) is 31.1 Å². The van der Waals surface area contributed by atoms with E-state index in [9.17, 15) is 0 Å². The molecule has 0 aliphatic carbocycles. The zero-order valence-electron chi connectivity index (χ0n) is 16.5. The van der Waals surface area contributed by atoms with Gasteiger partial charge in [-0.2, -0.15) is 0 Å². The average Bonchev–Trinajstić information content (AvgIpc) is 2.62. The highest BCUT2D eigenvalue weighted by molar-refractivity contribution is 6.25. The Labute approximate surface area is 164 Å². The Bertz CT molecular complexity index is 543. The van der Waals surface area contributed by atoms with Gasteiger partial charge in [-0.25, -0.2) is 0 Å². The largest absolute Gasteiger partial charge is 0.497 e. The zero-order valence-corrected chi connectivity index (χ0v) is 17.2. The Morgan fingerprint density at radius 3 is 2.35 bits per heavy atom. The van der Waals surface area contributed by atoms with Crippen molar-refractivity contribution in [3.05, 3.63) is 84.0 Å². The van der Waals surface area contributed by atoms with E-state index in [-0.39, 0.29) is 0 Å². The second kappa shape index (κ2) is 19.2. The second-order valence-electron chi connectivity index (χ2n) is 5.25. The van der Waals surface area contributed by atoms with E-state index in [0.717, 1.165) is 23.5 Å². The molecule has 0 atom stereocenters. The maximum atomic E-state index is 5.85. The van der Waals surface area contributed by atoms with E-state index in [1.807, 2.05) is 61.5 Å². The van der Waals surface area contributed by atoms with E-state index < -0.39 is 0 Å². The van der Waals surface area contributed by atoms with Crippen LogP contribution in [0.3, 0.4) is 0 Å². The minimum absolute atomic E-state index is 0.440. The normalized spacial score (nSPS) is 12.8. The van der Waals surface area contributed by atoms with E-state index in [2.05, 4.69) is 19.6 Å². The lowest BCUT2D eigenvalue weighted by Gasteiger charge is -2.12. The molecule has 0 radical (unpaired) electrons. The molecule has 0 aromatic heterocycles. The molecule has 0 aromatic carbocycles. The van der Waals surface area contributed by atoms with Crippen LogP contribution in [0.1, 0.15) is 26.7 Å². The third kappa shape index (κ3) is 18.2. The number of methoxy groups -OCH3 is 1. The molecule has 0 rings (SSSR count). The lowest BCUT2D eigenvalue weighted by atomic mass is 10.1. The standard InChI is InChI=1S/C13H23N3O.C8H11Cl/c1-5-13(17-4)7-6-11(2)8-12(15)9-16(3)10-14;1-2-3-4-5-6-7-8-9/h5-7,9H,2,8,10,14-15H2,1,3-4H3;3-8H,2H2,1H3/b7-6-,12-9-,13-5+;4-3+,6-5-,8-7+. The predicted octanol–water partition coefficient (Wildman–Crippen LogP) is 4.95. The van der Waals surface area contributed by atoms with Crippen LogP contribution < -0.4 is 11.5 Å². The van der Waals surface area contributed by atoms with Crippen molar-refractivity contribution in [1.29, 1.82) is 0 Å². The number of ether oxygens (including phenoxy) is 1. The highest BCUT2D eigenvalue weighted by Gasteiger charge is 1.96. The van der Waals surface area contributed by atoms with Crippen molar-refractivity contribution in [3.8, 4) is 0 Å². The smallest absolute Gasteiger partial charge is 0.114 e.